The SMILES string of the molecule is CC(=CCl)CI. The van der Waals surface area contributed by atoms with Crippen LogP contribution >= 0.6 is 34.2 Å². The summed E-state index contributed by atoms with van der Waals surface area (Å²) in [4.78, 5) is 0. The maximum atomic E-state index is 5.29. The van der Waals surface area contributed by atoms with Gasteiger partial charge >= 0.3 is 0 Å². The molecule has 0 atom stereocenters. The number of allylic oxidation sites excluding steroid dienone is 1. The Kier molecular flexibility index (Phi) is 4.43. The Morgan fingerprint density at radius 2 is 2.50 bits per heavy atom. The van der Waals surface area contributed by atoms with Crippen molar-refractivity contribution in [2.75, 3.05) is 4.43 Å². The molecule has 0 saturated heterocycles. The van der Waals surface area contributed by atoms with Gasteiger partial charge in [0, 0.05) is 9.96 Å². The minimum Gasteiger partial charge on any atom is -0.0930 e. The maximum absolute atomic E-state index is 5.29. The quantitative estimate of drug-likeness (QED) is 0.467. The van der Waals surface area contributed by atoms with Crippen LogP contribution in [0.3, 0.4) is 0 Å². The highest BCUT2D eigenvalue weighted by molar-refractivity contribution is 14.1. The molecule has 36 valence electrons. The van der Waals surface area contributed by atoms with Gasteiger partial charge in [0.15, 0.2) is 0 Å². The van der Waals surface area contributed by atoms with Gasteiger partial charge in [-0.25, -0.2) is 0 Å². The lowest BCUT2D eigenvalue weighted by molar-refractivity contribution is 1.46. The van der Waals surface area contributed by atoms with Gasteiger partial charge < -0.3 is 0 Å². The lowest BCUT2D eigenvalue weighted by Crippen LogP contribution is -1.67. The first-order valence-electron chi connectivity index (χ1n) is 1.63. The molecule has 0 radical (unpaired) electrons. The van der Waals surface area contributed by atoms with Crippen molar-refractivity contribution in [2.24, 2.45) is 0 Å². The first-order valence-corrected chi connectivity index (χ1v) is 3.59. The van der Waals surface area contributed by atoms with Gasteiger partial charge in [-0.1, -0.05) is 39.8 Å². The van der Waals surface area contributed by atoms with Gasteiger partial charge in [0.05, 0.1) is 0 Å². The Morgan fingerprint density at radius 1 is 2.00 bits per heavy atom. The summed E-state index contributed by atoms with van der Waals surface area (Å²) in [6.45, 7) is 2.00. The summed E-state index contributed by atoms with van der Waals surface area (Å²) in [6.07, 6.45) is 0. The Hall–Kier alpha value is 0.760. The number of hydrogen-bond acceptors (Lipinski definition) is 0. The van der Waals surface area contributed by atoms with Gasteiger partial charge in [-0.05, 0) is 6.92 Å². The monoisotopic (exact) mass is 216 g/mol. The van der Waals surface area contributed by atoms with Crippen molar-refractivity contribution in [2.45, 2.75) is 6.92 Å². The normalized spacial score (nSPS) is 12.2. The molecule has 2 heteroatoms. The zero-order chi connectivity index (χ0) is 4.99. The molecule has 0 saturated carbocycles. The first kappa shape index (κ1) is 6.76. The fourth-order valence-electron chi connectivity index (χ4n) is 0.0292. The molecule has 0 bridgehead atoms. The summed E-state index contributed by atoms with van der Waals surface area (Å²) in [6, 6.07) is 0. The van der Waals surface area contributed by atoms with E-state index in [1.807, 2.05) is 6.92 Å². The van der Waals surface area contributed by atoms with E-state index >= 15 is 0 Å². The summed E-state index contributed by atoms with van der Waals surface area (Å²) in [7, 11) is 0. The van der Waals surface area contributed by atoms with Gasteiger partial charge in [-0.3, -0.25) is 0 Å². The van der Waals surface area contributed by atoms with E-state index in [1.165, 1.54) is 5.57 Å². The van der Waals surface area contributed by atoms with Gasteiger partial charge in [0.25, 0.3) is 0 Å². The molecular formula is C4H6ClI. The minimum absolute atomic E-state index is 1.03. The average Bonchev–Trinajstić information content (AvgIpc) is 1.65. The lowest BCUT2D eigenvalue weighted by atomic mass is 10.4. The second-order valence-electron chi connectivity index (χ2n) is 1.09. The highest BCUT2D eigenvalue weighted by Gasteiger charge is 1.76. The third-order valence-electron chi connectivity index (χ3n) is 0.397. The van der Waals surface area contributed by atoms with Crippen LogP contribution in [0, 0.1) is 0 Å². The van der Waals surface area contributed by atoms with Gasteiger partial charge in [0.1, 0.15) is 0 Å². The molecule has 0 spiro atoms. The van der Waals surface area contributed by atoms with Crippen LogP contribution in [-0.4, -0.2) is 4.43 Å². The molecule has 0 aliphatic heterocycles. The predicted octanol–water partition coefficient (Wildman–Crippen LogP) is 2.56. The molecule has 0 aliphatic carbocycles. The first-order chi connectivity index (χ1) is 2.81. The highest BCUT2D eigenvalue weighted by Crippen LogP contribution is 1.98. The van der Waals surface area contributed by atoms with E-state index in [2.05, 4.69) is 22.6 Å². The molecule has 0 rings (SSSR count). The van der Waals surface area contributed by atoms with E-state index in [-0.39, 0.29) is 0 Å². The average molecular weight is 216 g/mol. The molecule has 0 unspecified atom stereocenters. The van der Waals surface area contributed by atoms with E-state index in [9.17, 15) is 0 Å². The molecule has 0 heterocycles. The fraction of sp³-hybridized carbons (Fsp3) is 0.500. The molecule has 0 fully saturated rings. The van der Waals surface area contributed by atoms with Gasteiger partial charge in [0.2, 0.25) is 0 Å². The Balaban J connectivity index is 3.22. The van der Waals surface area contributed by atoms with E-state index in [0.29, 0.717) is 0 Å². The van der Waals surface area contributed by atoms with Crippen LogP contribution < -0.4 is 0 Å². The highest BCUT2D eigenvalue weighted by atomic mass is 127. The van der Waals surface area contributed by atoms with Gasteiger partial charge in [-0.2, -0.15) is 0 Å². The van der Waals surface area contributed by atoms with Crippen molar-refractivity contribution < 1.29 is 0 Å². The Morgan fingerprint density at radius 3 is 2.50 bits per heavy atom. The minimum atomic E-state index is 1.03. The van der Waals surface area contributed by atoms with Crippen LogP contribution in [-0.2, 0) is 0 Å². The van der Waals surface area contributed by atoms with Crippen molar-refractivity contribution in [3.05, 3.63) is 11.1 Å². The zero-order valence-corrected chi connectivity index (χ0v) is 6.45. The van der Waals surface area contributed by atoms with Crippen molar-refractivity contribution in [3.63, 3.8) is 0 Å². The second kappa shape index (κ2) is 3.93. The molecule has 0 N–H and O–H groups in total. The van der Waals surface area contributed by atoms with Crippen LogP contribution in [0.1, 0.15) is 6.92 Å². The third kappa shape index (κ3) is 2.97. The van der Waals surface area contributed by atoms with Crippen LogP contribution in [0.2, 0.25) is 0 Å². The van der Waals surface area contributed by atoms with Crippen LogP contribution in [0.4, 0.5) is 0 Å². The maximum Gasteiger partial charge on any atom is 0.0214 e. The predicted molar refractivity (Wildman–Crippen MR) is 38.5 cm³/mol. The summed E-state index contributed by atoms with van der Waals surface area (Å²) in [5.41, 5.74) is 2.82. The largest absolute Gasteiger partial charge is 0.0930 e. The van der Waals surface area contributed by atoms with E-state index < -0.39 is 0 Å². The Bertz CT molecular complexity index is 58.6. The third-order valence-corrected chi connectivity index (χ3v) is 1.97. The van der Waals surface area contributed by atoms with Crippen LogP contribution in [0.15, 0.2) is 11.1 Å². The molecular weight excluding hydrogens is 210 g/mol. The lowest BCUT2D eigenvalue weighted by Gasteiger charge is -1.81. The zero-order valence-electron chi connectivity index (χ0n) is 3.54. The Labute approximate surface area is 56.7 Å². The van der Waals surface area contributed by atoms with Crippen molar-refractivity contribution in [3.8, 4) is 0 Å². The molecule has 0 nitrogen and oxygen atoms in total. The topological polar surface area (TPSA) is 0 Å². The standard InChI is InChI=1S/C4H6ClI/c1-4(2-5)3-6/h2H,3H2,1H3. The molecule has 0 amide bonds. The number of hydrogen-bond donors (Lipinski definition) is 0. The van der Waals surface area contributed by atoms with Crippen molar-refractivity contribution >= 4 is 34.2 Å². The smallest absolute Gasteiger partial charge is 0.0214 e. The fourth-order valence-corrected chi connectivity index (χ4v) is 0.587. The summed E-state index contributed by atoms with van der Waals surface area (Å²) in [5, 5.41) is 0. The van der Waals surface area contributed by atoms with E-state index in [1.54, 1.807) is 5.54 Å². The second-order valence-corrected chi connectivity index (χ2v) is 2.07. The van der Waals surface area contributed by atoms with Gasteiger partial charge in [-0.15, -0.1) is 0 Å². The molecule has 0 aliphatic rings. The number of rotatable bonds is 1. The molecule has 0 aromatic rings. The van der Waals surface area contributed by atoms with E-state index in [4.69, 9.17) is 11.6 Å². The summed E-state index contributed by atoms with van der Waals surface area (Å²) in [5.74, 6) is 0. The number of alkyl halides is 1. The van der Waals surface area contributed by atoms with Crippen molar-refractivity contribution in [1.82, 2.24) is 0 Å². The van der Waals surface area contributed by atoms with E-state index in [0.717, 1.165) is 4.43 Å². The molecule has 6 heavy (non-hydrogen) atoms. The molecule has 0 aromatic heterocycles. The van der Waals surface area contributed by atoms with Crippen molar-refractivity contribution in [1.29, 1.82) is 0 Å². The summed E-state index contributed by atoms with van der Waals surface area (Å²) < 4.78 is 1.03. The molecule has 0 aromatic carbocycles. The van der Waals surface area contributed by atoms with Crippen LogP contribution in [0.25, 0.3) is 0 Å². The number of halogens is 2. The summed E-state index contributed by atoms with van der Waals surface area (Å²) >= 11 is 7.55. The van der Waals surface area contributed by atoms with Crippen LogP contribution in [0.5, 0.6) is 0 Å².